The highest BCUT2D eigenvalue weighted by molar-refractivity contribution is 9.10. The summed E-state index contributed by atoms with van der Waals surface area (Å²) in [6.45, 7) is 0. The van der Waals surface area contributed by atoms with Gasteiger partial charge >= 0.3 is 5.69 Å². The first-order valence-corrected chi connectivity index (χ1v) is 6.87. The molecule has 20 heavy (non-hydrogen) atoms. The number of halogens is 2. The fraction of sp³-hybridized carbons (Fsp3) is 0.0769. The van der Waals surface area contributed by atoms with Crippen molar-refractivity contribution >= 4 is 50.3 Å². The zero-order chi connectivity index (χ0) is 14.7. The Morgan fingerprint density at radius 1 is 1.20 bits per heavy atom. The molecule has 104 valence electrons. The van der Waals surface area contributed by atoms with Crippen LogP contribution in [0.15, 0.2) is 40.9 Å². The zero-order valence-electron chi connectivity index (χ0n) is 10.5. The fourth-order valence-electron chi connectivity index (χ4n) is 1.78. The van der Waals surface area contributed by atoms with Crippen LogP contribution < -0.4 is 10.6 Å². The van der Waals surface area contributed by atoms with Crippen molar-refractivity contribution in [3.05, 3.63) is 56.0 Å². The van der Waals surface area contributed by atoms with Gasteiger partial charge in [0.1, 0.15) is 11.4 Å². The van der Waals surface area contributed by atoms with Crippen LogP contribution in [-0.2, 0) is 0 Å². The molecule has 0 atom stereocenters. The number of rotatable bonds is 4. The molecule has 0 fully saturated rings. The van der Waals surface area contributed by atoms with E-state index in [0.29, 0.717) is 22.1 Å². The van der Waals surface area contributed by atoms with Crippen LogP contribution in [0.5, 0.6) is 0 Å². The summed E-state index contributed by atoms with van der Waals surface area (Å²) in [5.74, 6) is 0. The summed E-state index contributed by atoms with van der Waals surface area (Å²) in [4.78, 5) is 10.8. The van der Waals surface area contributed by atoms with Crippen LogP contribution >= 0.6 is 27.5 Å². The van der Waals surface area contributed by atoms with Gasteiger partial charge in [-0.1, -0.05) is 17.7 Å². The van der Waals surface area contributed by atoms with Crippen molar-refractivity contribution in [3.63, 3.8) is 0 Å². The van der Waals surface area contributed by atoms with Gasteiger partial charge in [-0.05, 0) is 46.3 Å². The van der Waals surface area contributed by atoms with E-state index in [1.807, 2.05) is 0 Å². The molecule has 0 aliphatic rings. The van der Waals surface area contributed by atoms with Crippen LogP contribution in [0, 0.1) is 10.1 Å². The summed E-state index contributed by atoms with van der Waals surface area (Å²) < 4.78 is 0.731. The molecule has 2 N–H and O–H groups in total. The maximum atomic E-state index is 11.2. The molecule has 0 aliphatic carbocycles. The number of para-hydroxylation sites is 1. The van der Waals surface area contributed by atoms with Gasteiger partial charge in [-0.25, -0.2) is 0 Å². The van der Waals surface area contributed by atoms with E-state index >= 15 is 0 Å². The summed E-state index contributed by atoms with van der Waals surface area (Å²) in [5, 5.41) is 17.7. The predicted octanol–water partition coefficient (Wildman–Crippen LogP) is 4.80. The molecule has 7 heteroatoms. The van der Waals surface area contributed by atoms with Crippen molar-refractivity contribution in [1.29, 1.82) is 0 Å². The third kappa shape index (κ3) is 3.02. The van der Waals surface area contributed by atoms with Crippen LogP contribution in [0.25, 0.3) is 0 Å². The Kier molecular flexibility index (Phi) is 4.46. The molecule has 0 aromatic heterocycles. The largest absolute Gasteiger partial charge is 0.382 e. The molecule has 0 saturated carbocycles. The monoisotopic (exact) mass is 355 g/mol. The van der Waals surface area contributed by atoms with Gasteiger partial charge in [-0.3, -0.25) is 10.1 Å². The number of hydrogen-bond donors (Lipinski definition) is 2. The number of nitro benzene ring substituents is 1. The Labute approximate surface area is 129 Å². The molecule has 2 aromatic rings. The van der Waals surface area contributed by atoms with E-state index in [2.05, 4.69) is 26.6 Å². The standard InChI is InChI=1S/C13H11BrClN3O2/c1-16-11-3-2-4-12(13(11)18(19)20)17-10-6-5-8(15)7-9(10)14/h2-7,16-17H,1H3. The normalized spacial score (nSPS) is 10.2. The summed E-state index contributed by atoms with van der Waals surface area (Å²) in [6, 6.07) is 10.2. The number of nitro groups is 1. The Morgan fingerprint density at radius 2 is 1.90 bits per heavy atom. The summed E-state index contributed by atoms with van der Waals surface area (Å²) in [6.07, 6.45) is 0. The highest BCUT2D eigenvalue weighted by Crippen LogP contribution is 2.36. The second-order valence-corrected chi connectivity index (χ2v) is 5.25. The van der Waals surface area contributed by atoms with E-state index in [1.54, 1.807) is 43.4 Å². The van der Waals surface area contributed by atoms with Gasteiger partial charge < -0.3 is 10.6 Å². The molecule has 2 aromatic carbocycles. The first kappa shape index (κ1) is 14.6. The van der Waals surface area contributed by atoms with E-state index in [1.165, 1.54) is 0 Å². The van der Waals surface area contributed by atoms with Gasteiger partial charge in [0, 0.05) is 16.5 Å². The second-order valence-electron chi connectivity index (χ2n) is 3.96. The van der Waals surface area contributed by atoms with E-state index < -0.39 is 4.92 Å². The minimum atomic E-state index is -0.419. The molecule has 0 amide bonds. The minimum Gasteiger partial charge on any atom is -0.382 e. The third-order valence-corrected chi connectivity index (χ3v) is 3.58. The van der Waals surface area contributed by atoms with E-state index in [0.717, 1.165) is 4.47 Å². The topological polar surface area (TPSA) is 67.2 Å². The maximum Gasteiger partial charge on any atom is 0.315 e. The smallest absolute Gasteiger partial charge is 0.315 e. The number of nitrogens with zero attached hydrogens (tertiary/aromatic N) is 1. The third-order valence-electron chi connectivity index (χ3n) is 2.69. The summed E-state index contributed by atoms with van der Waals surface area (Å²) >= 11 is 9.24. The molecule has 5 nitrogen and oxygen atoms in total. The summed E-state index contributed by atoms with van der Waals surface area (Å²) in [7, 11) is 1.64. The Hall–Kier alpha value is -1.79. The van der Waals surface area contributed by atoms with Crippen molar-refractivity contribution in [2.75, 3.05) is 17.7 Å². The van der Waals surface area contributed by atoms with Crippen molar-refractivity contribution in [2.24, 2.45) is 0 Å². The molecular formula is C13H11BrClN3O2. The molecule has 2 rings (SSSR count). The second kappa shape index (κ2) is 6.11. The molecular weight excluding hydrogens is 346 g/mol. The van der Waals surface area contributed by atoms with Crippen molar-refractivity contribution in [1.82, 2.24) is 0 Å². The lowest BCUT2D eigenvalue weighted by atomic mass is 10.2. The zero-order valence-corrected chi connectivity index (χ0v) is 12.8. The Balaban J connectivity index is 2.45. The van der Waals surface area contributed by atoms with Crippen LogP contribution in [0.4, 0.5) is 22.7 Å². The number of nitrogens with one attached hydrogen (secondary N) is 2. The molecule has 0 aliphatic heterocycles. The summed E-state index contributed by atoms with van der Waals surface area (Å²) in [5.41, 5.74) is 1.55. The molecule has 0 spiro atoms. The van der Waals surface area contributed by atoms with Crippen LogP contribution in [-0.4, -0.2) is 12.0 Å². The van der Waals surface area contributed by atoms with Gasteiger partial charge in [0.15, 0.2) is 0 Å². The van der Waals surface area contributed by atoms with Gasteiger partial charge in [-0.2, -0.15) is 0 Å². The van der Waals surface area contributed by atoms with Crippen LogP contribution in [0.1, 0.15) is 0 Å². The fourth-order valence-corrected chi connectivity index (χ4v) is 2.56. The van der Waals surface area contributed by atoms with Gasteiger partial charge in [0.05, 0.1) is 10.6 Å². The molecule has 0 bridgehead atoms. The highest BCUT2D eigenvalue weighted by atomic mass is 79.9. The van der Waals surface area contributed by atoms with Crippen LogP contribution in [0.2, 0.25) is 5.02 Å². The Morgan fingerprint density at radius 3 is 2.50 bits per heavy atom. The number of anilines is 3. The lowest BCUT2D eigenvalue weighted by Gasteiger charge is -2.11. The predicted molar refractivity (Wildman–Crippen MR) is 85.1 cm³/mol. The van der Waals surface area contributed by atoms with Gasteiger partial charge in [0.25, 0.3) is 0 Å². The average molecular weight is 357 g/mol. The van der Waals surface area contributed by atoms with Crippen molar-refractivity contribution in [2.45, 2.75) is 0 Å². The highest BCUT2D eigenvalue weighted by Gasteiger charge is 2.19. The molecule has 0 heterocycles. The van der Waals surface area contributed by atoms with E-state index in [4.69, 9.17) is 11.6 Å². The van der Waals surface area contributed by atoms with Crippen molar-refractivity contribution < 1.29 is 4.92 Å². The number of hydrogen-bond acceptors (Lipinski definition) is 4. The van der Waals surface area contributed by atoms with E-state index in [9.17, 15) is 10.1 Å². The maximum absolute atomic E-state index is 11.2. The SMILES string of the molecule is CNc1cccc(Nc2ccc(Cl)cc2Br)c1[N+](=O)[O-]. The molecule has 0 saturated heterocycles. The van der Waals surface area contributed by atoms with Crippen LogP contribution in [0.3, 0.4) is 0 Å². The molecule has 0 radical (unpaired) electrons. The Bertz CT molecular complexity index is 664. The first-order chi connectivity index (χ1) is 9.52. The first-order valence-electron chi connectivity index (χ1n) is 5.70. The van der Waals surface area contributed by atoms with Gasteiger partial charge in [0.2, 0.25) is 0 Å². The average Bonchev–Trinajstić information content (AvgIpc) is 2.41. The molecule has 0 unspecified atom stereocenters. The quantitative estimate of drug-likeness (QED) is 0.610. The van der Waals surface area contributed by atoms with E-state index in [-0.39, 0.29) is 5.69 Å². The lowest BCUT2D eigenvalue weighted by molar-refractivity contribution is -0.383. The van der Waals surface area contributed by atoms with Crippen molar-refractivity contribution in [3.8, 4) is 0 Å². The lowest BCUT2D eigenvalue weighted by Crippen LogP contribution is -2.01. The minimum absolute atomic E-state index is 0.00292. The number of benzene rings is 2. The van der Waals surface area contributed by atoms with Gasteiger partial charge in [-0.15, -0.1) is 0 Å².